The van der Waals surface area contributed by atoms with Crippen LogP contribution in [0.5, 0.6) is 0 Å². The zero-order valence-corrected chi connectivity index (χ0v) is 8.66. The van der Waals surface area contributed by atoms with Crippen LogP contribution in [-0.2, 0) is 13.0 Å². The Balaban J connectivity index is 1.96. The molecule has 3 N–H and O–H groups in total. The van der Waals surface area contributed by atoms with E-state index in [1.165, 1.54) is 19.4 Å². The van der Waals surface area contributed by atoms with Crippen molar-refractivity contribution in [2.75, 3.05) is 13.6 Å². The van der Waals surface area contributed by atoms with Crippen molar-refractivity contribution in [1.29, 1.82) is 0 Å². The summed E-state index contributed by atoms with van der Waals surface area (Å²) in [6, 6.07) is 2.75. The molecule has 0 bridgehead atoms. The molecule has 1 aromatic rings. The van der Waals surface area contributed by atoms with Crippen molar-refractivity contribution in [3.63, 3.8) is 0 Å². The van der Waals surface area contributed by atoms with E-state index in [0.717, 1.165) is 17.8 Å². The fourth-order valence-electron chi connectivity index (χ4n) is 2.10. The van der Waals surface area contributed by atoms with E-state index in [4.69, 9.17) is 5.73 Å². The Hall–Kier alpha value is -0.870. The summed E-state index contributed by atoms with van der Waals surface area (Å²) in [7, 11) is 2.19. The molecule has 4 nitrogen and oxygen atoms in total. The number of aromatic nitrogens is 2. The largest absolute Gasteiger partial charge is 0.325 e. The molecule has 78 valence electrons. The highest BCUT2D eigenvalue weighted by Gasteiger charge is 2.21. The van der Waals surface area contributed by atoms with Crippen molar-refractivity contribution in [3.05, 3.63) is 17.5 Å². The summed E-state index contributed by atoms with van der Waals surface area (Å²) in [4.78, 5) is 2.41. The number of nitrogens with two attached hydrogens (primary N) is 1. The smallest absolute Gasteiger partial charge is 0.0641 e. The molecule has 4 heteroatoms. The van der Waals surface area contributed by atoms with E-state index in [-0.39, 0.29) is 0 Å². The predicted octanol–water partition coefficient (Wildman–Crippen LogP) is 0.505. The van der Waals surface area contributed by atoms with E-state index >= 15 is 0 Å². The highest BCUT2D eigenvalue weighted by molar-refractivity contribution is 5.10. The Morgan fingerprint density at radius 2 is 2.57 bits per heavy atom. The fraction of sp³-hybridized carbons (Fsp3) is 0.700. The van der Waals surface area contributed by atoms with Gasteiger partial charge in [0.2, 0.25) is 0 Å². The topological polar surface area (TPSA) is 57.9 Å². The molecule has 1 aromatic heterocycles. The van der Waals surface area contributed by atoms with E-state index in [1.807, 2.05) is 0 Å². The Labute approximate surface area is 84.5 Å². The zero-order valence-electron chi connectivity index (χ0n) is 8.66. The van der Waals surface area contributed by atoms with Gasteiger partial charge in [-0.3, -0.25) is 5.10 Å². The fourth-order valence-corrected chi connectivity index (χ4v) is 2.10. The van der Waals surface area contributed by atoms with Gasteiger partial charge in [0.1, 0.15) is 0 Å². The Morgan fingerprint density at radius 1 is 1.71 bits per heavy atom. The minimum absolute atomic E-state index is 0.549. The third-order valence-corrected chi connectivity index (χ3v) is 3.02. The van der Waals surface area contributed by atoms with Gasteiger partial charge in [-0.1, -0.05) is 0 Å². The Morgan fingerprint density at radius 3 is 3.14 bits per heavy atom. The summed E-state index contributed by atoms with van der Waals surface area (Å²) >= 11 is 0. The molecule has 1 unspecified atom stereocenters. The minimum atomic E-state index is 0.549. The van der Waals surface area contributed by atoms with E-state index in [2.05, 4.69) is 28.2 Å². The number of aromatic amines is 1. The monoisotopic (exact) mass is 194 g/mol. The minimum Gasteiger partial charge on any atom is -0.325 e. The van der Waals surface area contributed by atoms with Crippen LogP contribution in [0.3, 0.4) is 0 Å². The van der Waals surface area contributed by atoms with Crippen molar-refractivity contribution in [2.24, 2.45) is 5.73 Å². The number of nitrogens with one attached hydrogen (secondary N) is 1. The van der Waals surface area contributed by atoms with Gasteiger partial charge >= 0.3 is 0 Å². The maximum absolute atomic E-state index is 5.52. The summed E-state index contributed by atoms with van der Waals surface area (Å²) in [5, 5.41) is 7.20. The van der Waals surface area contributed by atoms with Gasteiger partial charge in [0.05, 0.1) is 5.69 Å². The van der Waals surface area contributed by atoms with Crippen molar-refractivity contribution in [2.45, 2.75) is 31.8 Å². The first-order valence-corrected chi connectivity index (χ1v) is 5.23. The van der Waals surface area contributed by atoms with Gasteiger partial charge in [-0.2, -0.15) is 5.10 Å². The number of likely N-dealkylation sites (N-methyl/N-ethyl adjacent to an activating group) is 1. The van der Waals surface area contributed by atoms with Crippen LogP contribution in [0.15, 0.2) is 6.07 Å². The number of nitrogens with zero attached hydrogens (tertiary/aromatic N) is 2. The second-order valence-electron chi connectivity index (χ2n) is 4.07. The third kappa shape index (κ3) is 1.96. The second-order valence-corrected chi connectivity index (χ2v) is 4.07. The first-order chi connectivity index (χ1) is 6.79. The number of rotatable bonds is 3. The highest BCUT2D eigenvalue weighted by Crippen LogP contribution is 2.18. The van der Waals surface area contributed by atoms with Crippen LogP contribution in [0.2, 0.25) is 0 Å². The lowest BCUT2D eigenvalue weighted by Gasteiger charge is -2.17. The van der Waals surface area contributed by atoms with Crippen LogP contribution in [-0.4, -0.2) is 34.7 Å². The molecule has 0 aliphatic carbocycles. The predicted molar refractivity (Wildman–Crippen MR) is 55.8 cm³/mol. The lowest BCUT2D eigenvalue weighted by Crippen LogP contribution is -2.26. The van der Waals surface area contributed by atoms with Crippen LogP contribution in [0, 0.1) is 0 Å². The number of H-pyrrole nitrogens is 1. The number of likely N-dealkylation sites (tertiary alicyclic amines) is 1. The first kappa shape index (κ1) is 9.68. The molecule has 1 atom stereocenters. The average Bonchev–Trinajstić information content (AvgIpc) is 2.77. The molecule has 0 amide bonds. The van der Waals surface area contributed by atoms with Crippen molar-refractivity contribution < 1.29 is 0 Å². The van der Waals surface area contributed by atoms with Gasteiger partial charge < -0.3 is 10.6 Å². The summed E-state index contributed by atoms with van der Waals surface area (Å²) in [6.45, 7) is 1.77. The van der Waals surface area contributed by atoms with Crippen LogP contribution in [0.25, 0.3) is 0 Å². The molecule has 1 fully saturated rings. The quantitative estimate of drug-likeness (QED) is 0.737. The molecule has 14 heavy (non-hydrogen) atoms. The molecular formula is C10H18N4. The van der Waals surface area contributed by atoms with Gasteiger partial charge in [-0.25, -0.2) is 0 Å². The zero-order chi connectivity index (χ0) is 9.97. The molecular weight excluding hydrogens is 176 g/mol. The van der Waals surface area contributed by atoms with Crippen LogP contribution in [0.4, 0.5) is 0 Å². The van der Waals surface area contributed by atoms with Crippen molar-refractivity contribution >= 4 is 0 Å². The Kier molecular flexibility index (Phi) is 2.84. The van der Waals surface area contributed by atoms with Gasteiger partial charge in [0.25, 0.3) is 0 Å². The van der Waals surface area contributed by atoms with Crippen molar-refractivity contribution in [1.82, 2.24) is 15.1 Å². The molecule has 0 radical (unpaired) electrons. The van der Waals surface area contributed by atoms with Crippen LogP contribution in [0.1, 0.15) is 24.2 Å². The third-order valence-electron chi connectivity index (χ3n) is 3.02. The van der Waals surface area contributed by atoms with Gasteiger partial charge in [0.15, 0.2) is 0 Å². The second kappa shape index (κ2) is 4.11. The van der Waals surface area contributed by atoms with Crippen LogP contribution >= 0.6 is 0 Å². The van der Waals surface area contributed by atoms with Gasteiger partial charge in [-0.05, 0) is 32.5 Å². The molecule has 0 saturated carbocycles. The van der Waals surface area contributed by atoms with E-state index in [9.17, 15) is 0 Å². The van der Waals surface area contributed by atoms with E-state index < -0.39 is 0 Å². The lowest BCUT2D eigenvalue weighted by molar-refractivity contribution is 0.307. The summed E-state index contributed by atoms with van der Waals surface area (Å²) in [6.07, 6.45) is 3.66. The standard InChI is InChI=1S/C10H18N4/c1-14-4-2-3-10(14)6-8-5-9(7-11)13-12-8/h5,10H,2-4,6-7,11H2,1H3,(H,12,13). The Bertz CT molecular complexity index is 294. The molecule has 2 heterocycles. The number of hydrogen-bond acceptors (Lipinski definition) is 3. The summed E-state index contributed by atoms with van der Waals surface area (Å²) in [5.74, 6) is 0. The highest BCUT2D eigenvalue weighted by atomic mass is 15.2. The normalized spacial score (nSPS) is 23.1. The maximum Gasteiger partial charge on any atom is 0.0641 e. The molecule has 2 rings (SSSR count). The summed E-state index contributed by atoms with van der Waals surface area (Å²) < 4.78 is 0. The SMILES string of the molecule is CN1CCCC1Cc1cc(CN)[nH]n1. The van der Waals surface area contributed by atoms with Crippen molar-refractivity contribution in [3.8, 4) is 0 Å². The van der Waals surface area contributed by atoms with Crippen LogP contribution < -0.4 is 5.73 Å². The van der Waals surface area contributed by atoms with Gasteiger partial charge in [0, 0.05) is 24.7 Å². The molecule has 1 aliphatic heterocycles. The summed E-state index contributed by atoms with van der Waals surface area (Å²) in [5.41, 5.74) is 7.69. The van der Waals surface area contributed by atoms with E-state index in [1.54, 1.807) is 0 Å². The molecule has 1 aliphatic rings. The lowest BCUT2D eigenvalue weighted by atomic mass is 10.1. The molecule has 0 spiro atoms. The first-order valence-electron chi connectivity index (χ1n) is 5.23. The molecule has 1 saturated heterocycles. The number of hydrogen-bond donors (Lipinski definition) is 2. The maximum atomic E-state index is 5.52. The van der Waals surface area contributed by atoms with E-state index in [0.29, 0.717) is 12.6 Å². The van der Waals surface area contributed by atoms with Gasteiger partial charge in [-0.15, -0.1) is 0 Å². The average molecular weight is 194 g/mol. The molecule has 0 aromatic carbocycles.